The van der Waals surface area contributed by atoms with Crippen molar-refractivity contribution in [3.63, 3.8) is 0 Å². The molecule has 0 aromatic rings. The molecule has 2 heteroatoms. The molecule has 1 radical (unpaired) electrons. The number of rotatable bonds is 12. The lowest BCUT2D eigenvalue weighted by Crippen LogP contribution is -2.19. The van der Waals surface area contributed by atoms with Gasteiger partial charge in [0.2, 0.25) is 0 Å². The van der Waals surface area contributed by atoms with Crippen LogP contribution in [-0.2, 0) is 9.47 Å². The lowest BCUT2D eigenvalue weighted by molar-refractivity contribution is -0.0141. The highest BCUT2D eigenvalue weighted by molar-refractivity contribution is 4.62. The number of ether oxygens (including phenoxy) is 2. The minimum Gasteiger partial charge on any atom is -0.381 e. The first-order chi connectivity index (χ1) is 8.60. The normalized spacial score (nSPS) is 15.0. The van der Waals surface area contributed by atoms with Gasteiger partial charge in [-0.3, -0.25) is 0 Å². The predicted molar refractivity (Wildman–Crippen MR) is 78.7 cm³/mol. The van der Waals surface area contributed by atoms with Gasteiger partial charge in [-0.05, 0) is 44.9 Å². The molecular weight excluding hydrogens is 224 g/mol. The van der Waals surface area contributed by atoms with Crippen LogP contribution in [0.1, 0.15) is 66.2 Å². The van der Waals surface area contributed by atoms with Gasteiger partial charge in [0.1, 0.15) is 0 Å². The SMILES string of the molecule is [CH2]CCC(CCCCOCC(C)C)OC(C)CC. The molecule has 0 aliphatic carbocycles. The van der Waals surface area contributed by atoms with E-state index >= 15 is 0 Å². The van der Waals surface area contributed by atoms with Crippen molar-refractivity contribution in [2.45, 2.75) is 78.4 Å². The van der Waals surface area contributed by atoms with E-state index in [4.69, 9.17) is 9.47 Å². The molecule has 0 N–H and O–H groups in total. The maximum atomic E-state index is 6.00. The largest absolute Gasteiger partial charge is 0.381 e. The van der Waals surface area contributed by atoms with E-state index in [0.717, 1.165) is 45.3 Å². The van der Waals surface area contributed by atoms with Crippen LogP contribution < -0.4 is 0 Å². The minimum atomic E-state index is 0.374. The maximum absolute atomic E-state index is 6.00. The molecule has 0 fully saturated rings. The van der Waals surface area contributed by atoms with Crippen molar-refractivity contribution in [2.24, 2.45) is 5.92 Å². The fraction of sp³-hybridized carbons (Fsp3) is 0.938. The van der Waals surface area contributed by atoms with Crippen molar-refractivity contribution < 1.29 is 9.47 Å². The van der Waals surface area contributed by atoms with Gasteiger partial charge in [-0.2, -0.15) is 0 Å². The summed E-state index contributed by atoms with van der Waals surface area (Å²) >= 11 is 0. The fourth-order valence-corrected chi connectivity index (χ4v) is 1.83. The molecule has 0 spiro atoms. The van der Waals surface area contributed by atoms with Gasteiger partial charge < -0.3 is 9.47 Å². The molecule has 0 heterocycles. The highest BCUT2D eigenvalue weighted by atomic mass is 16.5. The van der Waals surface area contributed by atoms with Gasteiger partial charge >= 0.3 is 0 Å². The van der Waals surface area contributed by atoms with Gasteiger partial charge in [0, 0.05) is 13.2 Å². The summed E-state index contributed by atoms with van der Waals surface area (Å²) in [5.74, 6) is 0.637. The molecule has 2 atom stereocenters. The molecule has 2 unspecified atom stereocenters. The van der Waals surface area contributed by atoms with E-state index in [2.05, 4.69) is 34.6 Å². The Morgan fingerprint density at radius 1 is 1.06 bits per heavy atom. The molecule has 0 saturated carbocycles. The summed E-state index contributed by atoms with van der Waals surface area (Å²) in [6.07, 6.45) is 7.38. The van der Waals surface area contributed by atoms with Gasteiger partial charge in [0.15, 0.2) is 0 Å². The standard InChI is InChI=1S/C16H33O2/c1-6-10-16(18-15(5)7-2)11-8-9-12-17-13-14(3)4/h14-16H,1,6-13H2,2-5H3. The monoisotopic (exact) mass is 257 g/mol. The molecular formula is C16H33O2. The molecule has 0 amide bonds. The second-order valence-electron chi connectivity index (χ2n) is 5.58. The highest BCUT2D eigenvalue weighted by Gasteiger charge is 2.11. The zero-order valence-electron chi connectivity index (χ0n) is 12.9. The van der Waals surface area contributed by atoms with E-state index in [0.29, 0.717) is 18.1 Å². The molecule has 0 aliphatic heterocycles. The smallest absolute Gasteiger partial charge is 0.0578 e. The van der Waals surface area contributed by atoms with Gasteiger partial charge in [-0.25, -0.2) is 0 Å². The number of hydrogen-bond acceptors (Lipinski definition) is 2. The van der Waals surface area contributed by atoms with Gasteiger partial charge in [-0.1, -0.05) is 34.1 Å². The van der Waals surface area contributed by atoms with Crippen LogP contribution in [0.5, 0.6) is 0 Å². The molecule has 0 aromatic heterocycles. The first-order valence-corrected chi connectivity index (χ1v) is 7.62. The average Bonchev–Trinajstić information content (AvgIpc) is 2.33. The number of unbranched alkanes of at least 4 members (excludes halogenated alkanes) is 1. The van der Waals surface area contributed by atoms with Crippen molar-refractivity contribution >= 4 is 0 Å². The second kappa shape index (κ2) is 12.0. The maximum Gasteiger partial charge on any atom is 0.0578 e. The van der Waals surface area contributed by atoms with Crippen LogP contribution in [0.2, 0.25) is 0 Å². The first kappa shape index (κ1) is 17.9. The van der Waals surface area contributed by atoms with Gasteiger partial charge in [-0.15, -0.1) is 0 Å². The van der Waals surface area contributed by atoms with Crippen LogP contribution in [0.3, 0.4) is 0 Å². The minimum absolute atomic E-state index is 0.374. The summed E-state index contributed by atoms with van der Waals surface area (Å²) in [5.41, 5.74) is 0. The van der Waals surface area contributed by atoms with E-state index in [-0.39, 0.29) is 0 Å². The Bertz CT molecular complexity index is 168. The summed E-state index contributed by atoms with van der Waals surface area (Å²) in [7, 11) is 0. The third-order valence-corrected chi connectivity index (χ3v) is 3.04. The van der Waals surface area contributed by atoms with Crippen LogP contribution in [-0.4, -0.2) is 25.4 Å². The second-order valence-corrected chi connectivity index (χ2v) is 5.58. The Kier molecular flexibility index (Phi) is 11.9. The summed E-state index contributed by atoms with van der Waals surface area (Å²) in [4.78, 5) is 0. The highest BCUT2D eigenvalue weighted by Crippen LogP contribution is 2.14. The Morgan fingerprint density at radius 2 is 1.78 bits per heavy atom. The summed E-state index contributed by atoms with van der Waals surface area (Å²) in [6, 6.07) is 0. The van der Waals surface area contributed by atoms with Crippen molar-refractivity contribution in [3.05, 3.63) is 6.92 Å². The zero-order chi connectivity index (χ0) is 13.8. The van der Waals surface area contributed by atoms with E-state index in [1.807, 2.05) is 0 Å². The molecule has 0 saturated heterocycles. The first-order valence-electron chi connectivity index (χ1n) is 7.62. The van der Waals surface area contributed by atoms with E-state index in [1.54, 1.807) is 0 Å². The quantitative estimate of drug-likeness (QED) is 0.475. The Morgan fingerprint density at radius 3 is 2.33 bits per heavy atom. The van der Waals surface area contributed by atoms with Crippen LogP contribution in [0.4, 0.5) is 0 Å². The summed E-state index contributed by atoms with van der Waals surface area (Å²) in [5, 5.41) is 0. The molecule has 0 aromatic carbocycles. The summed E-state index contributed by atoms with van der Waals surface area (Å²) < 4.78 is 11.6. The molecule has 18 heavy (non-hydrogen) atoms. The van der Waals surface area contributed by atoms with Crippen molar-refractivity contribution in [1.82, 2.24) is 0 Å². The van der Waals surface area contributed by atoms with Crippen LogP contribution in [0.15, 0.2) is 0 Å². The summed E-state index contributed by atoms with van der Waals surface area (Å²) in [6.45, 7) is 14.4. The third-order valence-electron chi connectivity index (χ3n) is 3.04. The Labute approximate surface area is 114 Å². The number of hydrogen-bond donors (Lipinski definition) is 0. The third kappa shape index (κ3) is 11.0. The van der Waals surface area contributed by atoms with Crippen molar-refractivity contribution in [1.29, 1.82) is 0 Å². The Hall–Kier alpha value is -0.0800. The molecule has 2 nitrogen and oxygen atoms in total. The van der Waals surface area contributed by atoms with E-state index in [9.17, 15) is 0 Å². The van der Waals surface area contributed by atoms with Crippen molar-refractivity contribution in [3.8, 4) is 0 Å². The Balaban J connectivity index is 3.57. The lowest BCUT2D eigenvalue weighted by atomic mass is 10.1. The van der Waals surface area contributed by atoms with Crippen LogP contribution in [0.25, 0.3) is 0 Å². The molecule has 0 aliphatic rings. The average molecular weight is 257 g/mol. The van der Waals surface area contributed by atoms with E-state index in [1.165, 1.54) is 6.42 Å². The van der Waals surface area contributed by atoms with Gasteiger partial charge in [0.25, 0.3) is 0 Å². The topological polar surface area (TPSA) is 18.5 Å². The van der Waals surface area contributed by atoms with Crippen LogP contribution >= 0.6 is 0 Å². The van der Waals surface area contributed by atoms with Crippen LogP contribution in [0, 0.1) is 12.8 Å². The predicted octanol–water partition coefficient (Wildman–Crippen LogP) is 4.63. The van der Waals surface area contributed by atoms with Crippen molar-refractivity contribution in [2.75, 3.05) is 13.2 Å². The van der Waals surface area contributed by atoms with Gasteiger partial charge in [0.05, 0.1) is 12.2 Å². The molecule has 0 bridgehead atoms. The molecule has 0 rings (SSSR count). The molecule has 109 valence electrons. The lowest BCUT2D eigenvalue weighted by Gasteiger charge is -2.21. The van der Waals surface area contributed by atoms with E-state index < -0.39 is 0 Å². The zero-order valence-corrected chi connectivity index (χ0v) is 12.9. The fourth-order valence-electron chi connectivity index (χ4n) is 1.83.